The van der Waals surface area contributed by atoms with Crippen molar-refractivity contribution < 1.29 is 22.7 Å². The number of hydrogen-bond donors (Lipinski definition) is 1. The standard InChI is InChI=1S/C32H27Cl2F3N4O2/c1-14-19-13-23(30-20-11-17(12-24(20)43-32(36)37)41(30)31(42)15-7-8-15)40-28(19)21-10-16(4-3-9-38)25(27(35)29(21)39-14)18-5-2-6-22(33)26(18)34/h2,5-6,10,13,15,17,20,24,30,32,40H,3-4,7-8,11-12H2,1H3. The van der Waals surface area contributed by atoms with Crippen LogP contribution in [0.3, 0.4) is 0 Å². The SMILES string of the molecule is Cc1nc2c(F)c(-c3cccc(Cl)c3Cl)c(CCC#N)cc2c2[nH]c(C3C4CC(CC4OC(F)F)N3C(=O)C3CC3)cc12. The molecule has 11 heteroatoms. The molecule has 3 heterocycles. The summed E-state index contributed by atoms with van der Waals surface area (Å²) >= 11 is 12.8. The highest BCUT2D eigenvalue weighted by Gasteiger charge is 2.56. The third-order valence-corrected chi connectivity index (χ3v) is 10.0. The first-order valence-electron chi connectivity index (χ1n) is 14.4. The summed E-state index contributed by atoms with van der Waals surface area (Å²) in [6, 6.07) is 10.2. The van der Waals surface area contributed by atoms with Crippen LogP contribution in [0.5, 0.6) is 0 Å². The van der Waals surface area contributed by atoms with E-state index in [2.05, 4.69) is 16.0 Å². The molecule has 7 rings (SSSR count). The van der Waals surface area contributed by atoms with Crippen LogP contribution in [-0.4, -0.2) is 39.5 Å². The topological polar surface area (TPSA) is 82.0 Å². The number of carbonyl (C=O) groups excluding carboxylic acids is 1. The minimum absolute atomic E-state index is 0.0292. The van der Waals surface area contributed by atoms with Crippen molar-refractivity contribution in [3.05, 3.63) is 63.1 Å². The summed E-state index contributed by atoms with van der Waals surface area (Å²) in [6.07, 6.45) is 2.40. The Hall–Kier alpha value is -3.32. The lowest BCUT2D eigenvalue weighted by Gasteiger charge is -2.38. The van der Waals surface area contributed by atoms with Gasteiger partial charge >= 0.3 is 6.61 Å². The van der Waals surface area contributed by atoms with E-state index >= 15 is 4.39 Å². The number of piperidine rings is 1. The fraction of sp³-hybridized carbons (Fsp3) is 0.406. The molecule has 4 atom stereocenters. The van der Waals surface area contributed by atoms with Crippen LogP contribution in [0.2, 0.25) is 10.0 Å². The molecule has 222 valence electrons. The summed E-state index contributed by atoms with van der Waals surface area (Å²) in [6.45, 7) is -1.11. The summed E-state index contributed by atoms with van der Waals surface area (Å²) in [5.74, 6) is -0.849. The normalized spacial score (nSPS) is 23.2. The molecule has 0 radical (unpaired) electrons. The number of benzene rings is 2. The molecule has 2 aromatic carbocycles. The number of carbonyl (C=O) groups is 1. The first-order chi connectivity index (χ1) is 20.7. The predicted molar refractivity (Wildman–Crippen MR) is 157 cm³/mol. The highest BCUT2D eigenvalue weighted by atomic mass is 35.5. The van der Waals surface area contributed by atoms with Crippen molar-refractivity contribution in [2.75, 3.05) is 0 Å². The molecule has 1 saturated heterocycles. The number of rotatable bonds is 7. The van der Waals surface area contributed by atoms with E-state index < -0.39 is 24.6 Å². The molecule has 2 aromatic heterocycles. The van der Waals surface area contributed by atoms with Crippen LogP contribution in [0.15, 0.2) is 30.3 Å². The van der Waals surface area contributed by atoms with Crippen molar-refractivity contribution in [1.82, 2.24) is 14.9 Å². The number of aromatic nitrogens is 2. The Bertz CT molecular complexity index is 1830. The fourth-order valence-electron chi connectivity index (χ4n) is 7.25. The van der Waals surface area contributed by atoms with E-state index in [1.807, 2.05) is 17.0 Å². The summed E-state index contributed by atoms with van der Waals surface area (Å²) in [5.41, 5.74) is 3.26. The van der Waals surface area contributed by atoms with Crippen LogP contribution in [-0.2, 0) is 16.0 Å². The number of pyridine rings is 1. The van der Waals surface area contributed by atoms with Crippen LogP contribution in [0.25, 0.3) is 32.9 Å². The average molecular weight is 627 g/mol. The van der Waals surface area contributed by atoms with Gasteiger partial charge in [-0.1, -0.05) is 35.3 Å². The van der Waals surface area contributed by atoms with Crippen molar-refractivity contribution in [3.63, 3.8) is 0 Å². The number of fused-ring (bicyclic) bond motifs is 5. The summed E-state index contributed by atoms with van der Waals surface area (Å²) in [4.78, 5) is 23.4. The molecule has 43 heavy (non-hydrogen) atoms. The molecular weight excluding hydrogens is 600 g/mol. The number of nitriles is 1. The zero-order chi connectivity index (χ0) is 30.2. The van der Waals surface area contributed by atoms with E-state index in [-0.39, 0.29) is 57.8 Å². The maximum atomic E-state index is 16.5. The van der Waals surface area contributed by atoms with Crippen LogP contribution in [0.1, 0.15) is 55.1 Å². The predicted octanol–water partition coefficient (Wildman–Crippen LogP) is 8.27. The molecule has 2 saturated carbocycles. The van der Waals surface area contributed by atoms with Gasteiger partial charge in [0.2, 0.25) is 5.91 Å². The van der Waals surface area contributed by atoms with E-state index in [9.17, 15) is 18.8 Å². The van der Waals surface area contributed by atoms with Gasteiger partial charge in [0.1, 0.15) is 5.52 Å². The zero-order valence-corrected chi connectivity index (χ0v) is 24.7. The van der Waals surface area contributed by atoms with Gasteiger partial charge in [0.15, 0.2) is 5.82 Å². The number of H-pyrrole nitrogens is 1. The molecule has 3 fully saturated rings. The van der Waals surface area contributed by atoms with Crippen LogP contribution in [0.4, 0.5) is 13.2 Å². The van der Waals surface area contributed by atoms with Gasteiger partial charge in [0.25, 0.3) is 0 Å². The average Bonchev–Trinajstić information content (AvgIpc) is 3.44. The molecule has 0 spiro atoms. The molecule has 4 unspecified atom stereocenters. The number of nitrogens with one attached hydrogen (secondary N) is 1. The third kappa shape index (κ3) is 4.66. The number of ether oxygens (including phenoxy) is 1. The van der Waals surface area contributed by atoms with Gasteiger partial charge in [0, 0.05) is 57.6 Å². The lowest BCUT2D eigenvalue weighted by atomic mass is 9.92. The number of halogens is 5. The van der Waals surface area contributed by atoms with Gasteiger partial charge in [0.05, 0.1) is 33.8 Å². The Kier molecular flexibility index (Phi) is 7.07. The molecule has 1 amide bonds. The molecule has 2 aliphatic carbocycles. The number of aromatic amines is 1. The second-order valence-corrected chi connectivity index (χ2v) is 12.6. The largest absolute Gasteiger partial charge is 0.356 e. The molecule has 1 N–H and O–H groups in total. The van der Waals surface area contributed by atoms with Crippen molar-refractivity contribution in [1.29, 1.82) is 5.26 Å². The van der Waals surface area contributed by atoms with Gasteiger partial charge in [-0.3, -0.25) is 4.79 Å². The summed E-state index contributed by atoms with van der Waals surface area (Å²) < 4.78 is 48.2. The van der Waals surface area contributed by atoms with Crippen molar-refractivity contribution in [2.24, 2.45) is 11.8 Å². The lowest BCUT2D eigenvalue weighted by Crippen LogP contribution is -2.45. The molecule has 6 nitrogen and oxygen atoms in total. The zero-order valence-electron chi connectivity index (χ0n) is 23.1. The first-order valence-corrected chi connectivity index (χ1v) is 15.1. The van der Waals surface area contributed by atoms with Crippen molar-refractivity contribution in [2.45, 2.75) is 70.2 Å². The number of alkyl halides is 2. The van der Waals surface area contributed by atoms with Crippen molar-refractivity contribution >= 4 is 50.9 Å². The number of hydrogen-bond acceptors (Lipinski definition) is 4. The van der Waals surface area contributed by atoms with Crippen LogP contribution >= 0.6 is 23.2 Å². The minimum atomic E-state index is -2.90. The molecular formula is C32H27Cl2F3N4O2. The van der Waals surface area contributed by atoms with Gasteiger partial charge < -0.3 is 14.6 Å². The minimum Gasteiger partial charge on any atom is -0.356 e. The lowest BCUT2D eigenvalue weighted by molar-refractivity contribution is -0.184. The quantitative estimate of drug-likeness (QED) is 0.224. The highest BCUT2D eigenvalue weighted by molar-refractivity contribution is 6.43. The highest BCUT2D eigenvalue weighted by Crippen LogP contribution is 2.54. The van der Waals surface area contributed by atoms with Crippen LogP contribution in [0, 0.1) is 35.9 Å². The van der Waals surface area contributed by atoms with Gasteiger partial charge in [-0.25, -0.2) is 9.37 Å². The molecule has 4 aromatic rings. The van der Waals surface area contributed by atoms with E-state index in [1.165, 1.54) is 0 Å². The number of aryl methyl sites for hydroxylation is 2. The van der Waals surface area contributed by atoms with E-state index in [0.717, 1.165) is 18.2 Å². The maximum absolute atomic E-state index is 16.5. The fourth-order valence-corrected chi connectivity index (χ4v) is 7.65. The number of nitrogens with zero attached hydrogens (tertiary/aromatic N) is 3. The van der Waals surface area contributed by atoms with Gasteiger partial charge in [-0.05, 0) is 62.8 Å². The Morgan fingerprint density at radius 3 is 2.74 bits per heavy atom. The third-order valence-electron chi connectivity index (χ3n) is 9.23. The summed E-state index contributed by atoms with van der Waals surface area (Å²) in [7, 11) is 0. The first kappa shape index (κ1) is 28.5. The molecule has 2 bridgehead atoms. The van der Waals surface area contributed by atoms with E-state index in [1.54, 1.807) is 25.1 Å². The van der Waals surface area contributed by atoms with Crippen LogP contribution < -0.4 is 0 Å². The van der Waals surface area contributed by atoms with Gasteiger partial charge in [-0.15, -0.1) is 0 Å². The monoisotopic (exact) mass is 626 g/mol. The second-order valence-electron chi connectivity index (χ2n) is 11.8. The molecule has 3 aliphatic rings. The molecule has 1 aliphatic heterocycles. The smallest absolute Gasteiger partial charge is 0.345 e. The van der Waals surface area contributed by atoms with E-state index in [0.29, 0.717) is 46.3 Å². The van der Waals surface area contributed by atoms with E-state index in [4.69, 9.17) is 27.9 Å². The Balaban J connectivity index is 1.41. The Morgan fingerprint density at radius 1 is 1.23 bits per heavy atom. The maximum Gasteiger partial charge on any atom is 0.345 e. The Morgan fingerprint density at radius 2 is 2.02 bits per heavy atom. The number of likely N-dealkylation sites (tertiary alicyclic amines) is 1. The van der Waals surface area contributed by atoms with Crippen molar-refractivity contribution in [3.8, 4) is 17.2 Å². The Labute approximate surface area is 255 Å². The summed E-state index contributed by atoms with van der Waals surface area (Å²) in [5, 5.41) is 11.1. The van der Waals surface area contributed by atoms with Gasteiger partial charge in [-0.2, -0.15) is 14.0 Å². The number of amides is 1. The second kappa shape index (κ2) is 10.7.